The molecule has 0 rings (SSSR count). The maximum Gasteiger partial charge on any atom is 0.216 e. The molecular formula is C7H16N2O. The first-order valence-electron chi connectivity index (χ1n) is 3.62. The fourth-order valence-electron chi connectivity index (χ4n) is 0.717. The van der Waals surface area contributed by atoms with Crippen molar-refractivity contribution >= 4 is 5.91 Å². The van der Waals surface area contributed by atoms with Crippen LogP contribution in [0.1, 0.15) is 20.3 Å². The van der Waals surface area contributed by atoms with Crippen molar-refractivity contribution < 1.29 is 4.79 Å². The van der Waals surface area contributed by atoms with Crippen molar-refractivity contribution in [3.63, 3.8) is 0 Å². The number of hydrogen-bond donors (Lipinski definition) is 2. The molecule has 1 amide bonds. The summed E-state index contributed by atoms with van der Waals surface area (Å²) < 4.78 is 0. The molecule has 1 atom stereocenters. The lowest BCUT2D eigenvalue weighted by Crippen LogP contribution is -2.37. The molecular weight excluding hydrogens is 128 g/mol. The largest absolute Gasteiger partial charge is 0.355 e. The van der Waals surface area contributed by atoms with Crippen LogP contribution in [0.25, 0.3) is 0 Å². The first-order valence-corrected chi connectivity index (χ1v) is 3.62. The van der Waals surface area contributed by atoms with E-state index in [9.17, 15) is 4.79 Å². The Kier molecular flexibility index (Phi) is 4.94. The van der Waals surface area contributed by atoms with Gasteiger partial charge < -0.3 is 10.6 Å². The topological polar surface area (TPSA) is 41.1 Å². The second-order valence-corrected chi connectivity index (χ2v) is 2.33. The summed E-state index contributed by atoms with van der Waals surface area (Å²) in [4.78, 5) is 10.4. The van der Waals surface area contributed by atoms with Crippen molar-refractivity contribution in [2.24, 2.45) is 0 Å². The molecule has 0 radical (unpaired) electrons. The molecule has 1 unspecified atom stereocenters. The maximum absolute atomic E-state index is 10.4. The Morgan fingerprint density at radius 2 is 2.20 bits per heavy atom. The van der Waals surface area contributed by atoms with Gasteiger partial charge in [-0.15, -0.1) is 0 Å². The zero-order chi connectivity index (χ0) is 7.98. The Morgan fingerprint density at radius 1 is 1.60 bits per heavy atom. The van der Waals surface area contributed by atoms with Gasteiger partial charge in [0.25, 0.3) is 0 Å². The molecule has 0 aromatic rings. The molecule has 2 N–H and O–H groups in total. The fourth-order valence-corrected chi connectivity index (χ4v) is 0.717. The number of carbonyl (C=O) groups excluding carboxylic acids is 1. The van der Waals surface area contributed by atoms with Crippen molar-refractivity contribution in [2.45, 2.75) is 26.3 Å². The number of amides is 1. The lowest BCUT2D eigenvalue weighted by Gasteiger charge is -2.12. The van der Waals surface area contributed by atoms with E-state index < -0.39 is 0 Å². The molecule has 0 aliphatic carbocycles. The molecule has 0 saturated carbocycles. The van der Waals surface area contributed by atoms with Gasteiger partial charge in [0, 0.05) is 19.5 Å². The van der Waals surface area contributed by atoms with Crippen molar-refractivity contribution in [3.8, 4) is 0 Å². The zero-order valence-electron chi connectivity index (χ0n) is 6.90. The molecule has 0 aliphatic rings. The van der Waals surface area contributed by atoms with Crippen LogP contribution in [0.4, 0.5) is 0 Å². The van der Waals surface area contributed by atoms with Crippen LogP contribution in [0.3, 0.4) is 0 Å². The van der Waals surface area contributed by atoms with Crippen LogP contribution in [0.2, 0.25) is 0 Å². The summed E-state index contributed by atoms with van der Waals surface area (Å²) in [6.45, 7) is 4.34. The number of hydrogen-bond acceptors (Lipinski definition) is 2. The van der Waals surface area contributed by atoms with Crippen molar-refractivity contribution in [1.82, 2.24) is 10.6 Å². The number of carbonyl (C=O) groups is 1. The van der Waals surface area contributed by atoms with Gasteiger partial charge in [-0.2, -0.15) is 0 Å². The van der Waals surface area contributed by atoms with E-state index in [4.69, 9.17) is 0 Å². The Morgan fingerprint density at radius 3 is 2.50 bits per heavy atom. The molecule has 0 aromatic heterocycles. The summed E-state index contributed by atoms with van der Waals surface area (Å²) in [5, 5.41) is 5.84. The summed E-state index contributed by atoms with van der Waals surface area (Å²) in [6, 6.07) is 0.406. The standard InChI is InChI=1S/C7H16N2O/c1-4-7(8-3)5-9-6(2)10/h7-8H,4-5H2,1-3H3,(H,9,10). The summed E-state index contributed by atoms with van der Waals surface area (Å²) in [5.74, 6) is 0.0358. The van der Waals surface area contributed by atoms with Gasteiger partial charge in [0.1, 0.15) is 0 Å². The minimum absolute atomic E-state index is 0.0358. The predicted octanol–water partition coefficient (Wildman–Crippen LogP) is 0.121. The Balaban J connectivity index is 3.34. The molecule has 3 nitrogen and oxygen atoms in total. The lowest BCUT2D eigenvalue weighted by molar-refractivity contribution is -0.119. The number of rotatable bonds is 4. The third kappa shape index (κ3) is 4.32. The summed E-state index contributed by atoms with van der Waals surface area (Å²) in [6.07, 6.45) is 1.04. The summed E-state index contributed by atoms with van der Waals surface area (Å²) in [5.41, 5.74) is 0. The third-order valence-corrected chi connectivity index (χ3v) is 1.50. The smallest absolute Gasteiger partial charge is 0.216 e. The normalized spacial score (nSPS) is 12.7. The molecule has 0 aromatic carbocycles. The number of nitrogens with one attached hydrogen (secondary N) is 2. The van der Waals surface area contributed by atoms with Crippen molar-refractivity contribution in [3.05, 3.63) is 0 Å². The third-order valence-electron chi connectivity index (χ3n) is 1.50. The van der Waals surface area contributed by atoms with E-state index in [1.54, 1.807) is 0 Å². The highest BCUT2D eigenvalue weighted by Gasteiger charge is 2.01. The van der Waals surface area contributed by atoms with E-state index in [0.717, 1.165) is 13.0 Å². The number of likely N-dealkylation sites (N-methyl/N-ethyl adjacent to an activating group) is 1. The average molecular weight is 144 g/mol. The molecule has 0 saturated heterocycles. The van der Waals surface area contributed by atoms with Gasteiger partial charge in [0.15, 0.2) is 0 Å². The van der Waals surface area contributed by atoms with E-state index in [1.807, 2.05) is 7.05 Å². The van der Waals surface area contributed by atoms with Crippen molar-refractivity contribution in [1.29, 1.82) is 0 Å². The molecule has 0 fully saturated rings. The molecule has 60 valence electrons. The Hall–Kier alpha value is -0.570. The van der Waals surface area contributed by atoms with Gasteiger partial charge in [-0.3, -0.25) is 4.79 Å². The van der Waals surface area contributed by atoms with E-state index in [0.29, 0.717) is 6.04 Å². The van der Waals surface area contributed by atoms with E-state index in [2.05, 4.69) is 17.6 Å². The lowest BCUT2D eigenvalue weighted by atomic mass is 10.2. The highest BCUT2D eigenvalue weighted by molar-refractivity contribution is 5.72. The van der Waals surface area contributed by atoms with Gasteiger partial charge in [0.05, 0.1) is 0 Å². The Labute approximate surface area is 62.2 Å². The van der Waals surface area contributed by atoms with Gasteiger partial charge >= 0.3 is 0 Å². The zero-order valence-corrected chi connectivity index (χ0v) is 6.90. The van der Waals surface area contributed by atoms with Crippen LogP contribution in [-0.4, -0.2) is 25.5 Å². The van der Waals surface area contributed by atoms with Crippen LogP contribution in [0.15, 0.2) is 0 Å². The quantitative estimate of drug-likeness (QED) is 0.588. The highest BCUT2D eigenvalue weighted by atomic mass is 16.1. The van der Waals surface area contributed by atoms with Gasteiger partial charge in [-0.25, -0.2) is 0 Å². The van der Waals surface area contributed by atoms with E-state index >= 15 is 0 Å². The second-order valence-electron chi connectivity index (χ2n) is 2.33. The average Bonchev–Trinajstić information content (AvgIpc) is 1.90. The van der Waals surface area contributed by atoms with Gasteiger partial charge in [-0.1, -0.05) is 6.92 Å². The minimum atomic E-state index is 0.0358. The van der Waals surface area contributed by atoms with Crippen molar-refractivity contribution in [2.75, 3.05) is 13.6 Å². The summed E-state index contributed by atoms with van der Waals surface area (Å²) in [7, 11) is 1.90. The second kappa shape index (κ2) is 5.23. The Bertz CT molecular complexity index is 99.8. The molecule has 3 heteroatoms. The highest BCUT2D eigenvalue weighted by Crippen LogP contribution is 1.85. The molecule has 0 bridgehead atoms. The molecule has 10 heavy (non-hydrogen) atoms. The molecule has 0 spiro atoms. The predicted molar refractivity (Wildman–Crippen MR) is 41.8 cm³/mol. The molecule has 0 heterocycles. The maximum atomic E-state index is 10.4. The van der Waals surface area contributed by atoms with Gasteiger partial charge in [0.2, 0.25) is 5.91 Å². The van der Waals surface area contributed by atoms with Crippen LogP contribution >= 0.6 is 0 Å². The fraction of sp³-hybridized carbons (Fsp3) is 0.857. The SMILES string of the molecule is CCC(CNC(C)=O)NC. The monoisotopic (exact) mass is 144 g/mol. The van der Waals surface area contributed by atoms with E-state index in [-0.39, 0.29) is 5.91 Å². The first kappa shape index (κ1) is 9.43. The molecule has 0 aliphatic heterocycles. The van der Waals surface area contributed by atoms with Crippen LogP contribution in [0, 0.1) is 0 Å². The summed E-state index contributed by atoms with van der Waals surface area (Å²) >= 11 is 0. The van der Waals surface area contributed by atoms with Crippen LogP contribution in [0.5, 0.6) is 0 Å². The van der Waals surface area contributed by atoms with Gasteiger partial charge in [-0.05, 0) is 13.5 Å². The van der Waals surface area contributed by atoms with Crippen LogP contribution in [-0.2, 0) is 4.79 Å². The van der Waals surface area contributed by atoms with E-state index in [1.165, 1.54) is 6.92 Å². The first-order chi connectivity index (χ1) is 4.70. The minimum Gasteiger partial charge on any atom is -0.355 e. The van der Waals surface area contributed by atoms with Crippen LogP contribution < -0.4 is 10.6 Å².